The van der Waals surface area contributed by atoms with E-state index < -0.39 is 23.9 Å². The number of aldehydes is 1. The first-order valence-corrected chi connectivity index (χ1v) is 6.97. The lowest BCUT2D eigenvalue weighted by Gasteiger charge is -2.21. The Kier molecular flexibility index (Phi) is 6.45. The monoisotopic (exact) mass is 310 g/mol. The zero-order valence-corrected chi connectivity index (χ0v) is 12.9. The molecule has 3 N–H and O–H groups in total. The summed E-state index contributed by atoms with van der Waals surface area (Å²) in [5.41, 5.74) is 0.0567. The van der Waals surface area contributed by atoms with E-state index in [2.05, 4.69) is 10.3 Å². The number of ether oxygens (including phenoxy) is 1. The lowest BCUT2D eigenvalue weighted by Crippen LogP contribution is -2.34. The summed E-state index contributed by atoms with van der Waals surface area (Å²) in [6.07, 6.45) is -0.717. The molecule has 0 saturated heterocycles. The summed E-state index contributed by atoms with van der Waals surface area (Å²) in [4.78, 5) is 25.7. The predicted octanol–water partition coefficient (Wildman–Crippen LogP) is 1.20. The number of nitrogens with zero attached hydrogens (tertiary/aromatic N) is 1. The summed E-state index contributed by atoms with van der Waals surface area (Å²) in [6, 6.07) is 2.98. The van der Waals surface area contributed by atoms with Crippen LogP contribution in [0, 0.1) is 0 Å². The van der Waals surface area contributed by atoms with Gasteiger partial charge in [0.2, 0.25) is 0 Å². The number of pyridine rings is 1. The Hall–Kier alpha value is -1.99. The summed E-state index contributed by atoms with van der Waals surface area (Å²) in [6.45, 7) is 5.41. The van der Waals surface area contributed by atoms with Gasteiger partial charge < -0.3 is 20.3 Å². The van der Waals surface area contributed by atoms with Gasteiger partial charge in [0.1, 0.15) is 17.4 Å². The molecule has 2 atom stereocenters. The smallest absolute Gasteiger partial charge is 0.407 e. The van der Waals surface area contributed by atoms with Crippen molar-refractivity contribution in [2.24, 2.45) is 0 Å². The second kappa shape index (κ2) is 7.86. The van der Waals surface area contributed by atoms with Crippen LogP contribution >= 0.6 is 0 Å². The standard InChI is InChI=1S/C15H22N2O5/c1-15(2,3)22-14(21)16-7-6-12(19)13(20)10-4-5-11(9-18)17-8-10/h4-5,8-9,12-13,19-20H,6-7H2,1-3H3,(H,16,21). The van der Waals surface area contributed by atoms with Crippen molar-refractivity contribution in [2.45, 2.75) is 45.0 Å². The van der Waals surface area contributed by atoms with E-state index in [1.807, 2.05) is 0 Å². The first-order valence-electron chi connectivity index (χ1n) is 6.97. The number of aliphatic hydroxyl groups excluding tert-OH is 2. The largest absolute Gasteiger partial charge is 0.444 e. The van der Waals surface area contributed by atoms with Crippen LogP contribution in [-0.4, -0.2) is 45.8 Å². The minimum Gasteiger partial charge on any atom is -0.444 e. The molecule has 0 saturated carbocycles. The van der Waals surface area contributed by atoms with Gasteiger partial charge in [-0.25, -0.2) is 4.79 Å². The molecule has 1 aromatic rings. The van der Waals surface area contributed by atoms with Gasteiger partial charge in [0.25, 0.3) is 0 Å². The molecular weight excluding hydrogens is 288 g/mol. The van der Waals surface area contributed by atoms with Gasteiger partial charge in [-0.15, -0.1) is 0 Å². The molecule has 0 radical (unpaired) electrons. The summed E-state index contributed by atoms with van der Waals surface area (Å²) in [5, 5.41) is 22.4. The molecule has 122 valence electrons. The van der Waals surface area contributed by atoms with Crippen molar-refractivity contribution in [1.82, 2.24) is 10.3 Å². The zero-order valence-electron chi connectivity index (χ0n) is 12.9. The molecule has 0 aromatic carbocycles. The molecule has 0 bridgehead atoms. The highest BCUT2D eigenvalue weighted by molar-refractivity contribution is 5.71. The summed E-state index contributed by atoms with van der Waals surface area (Å²) in [5.74, 6) is 0. The molecule has 0 aliphatic rings. The SMILES string of the molecule is CC(C)(C)OC(=O)NCCC(O)C(O)c1ccc(C=O)nc1. The van der Waals surface area contributed by atoms with Gasteiger partial charge in [-0.1, -0.05) is 6.07 Å². The fraction of sp³-hybridized carbons (Fsp3) is 0.533. The maximum absolute atomic E-state index is 11.4. The van der Waals surface area contributed by atoms with E-state index in [0.717, 1.165) is 0 Å². The fourth-order valence-corrected chi connectivity index (χ4v) is 1.68. The summed E-state index contributed by atoms with van der Waals surface area (Å²) >= 11 is 0. The van der Waals surface area contributed by atoms with Crippen molar-refractivity contribution in [3.05, 3.63) is 29.6 Å². The minimum atomic E-state index is -1.14. The van der Waals surface area contributed by atoms with Gasteiger partial charge in [-0.2, -0.15) is 0 Å². The van der Waals surface area contributed by atoms with Crippen LogP contribution in [0.5, 0.6) is 0 Å². The van der Waals surface area contributed by atoms with Gasteiger partial charge >= 0.3 is 6.09 Å². The molecule has 0 spiro atoms. The van der Waals surface area contributed by atoms with Crippen LogP contribution in [0.4, 0.5) is 4.79 Å². The molecule has 0 aliphatic heterocycles. The Balaban J connectivity index is 2.42. The molecule has 7 nitrogen and oxygen atoms in total. The highest BCUT2D eigenvalue weighted by atomic mass is 16.6. The first kappa shape index (κ1) is 18.1. The molecule has 0 fully saturated rings. The van der Waals surface area contributed by atoms with Gasteiger partial charge in [0.05, 0.1) is 6.10 Å². The Labute approximate surface area is 129 Å². The van der Waals surface area contributed by atoms with Crippen molar-refractivity contribution in [2.75, 3.05) is 6.54 Å². The average Bonchev–Trinajstić information content (AvgIpc) is 2.44. The summed E-state index contributed by atoms with van der Waals surface area (Å²) in [7, 11) is 0. The first-order chi connectivity index (χ1) is 10.2. The Morgan fingerprint density at radius 1 is 1.41 bits per heavy atom. The normalized spacial score (nSPS) is 14.0. The predicted molar refractivity (Wildman–Crippen MR) is 79.4 cm³/mol. The minimum absolute atomic E-state index is 0.149. The molecule has 1 heterocycles. The van der Waals surface area contributed by atoms with Crippen LogP contribution in [0.2, 0.25) is 0 Å². The van der Waals surface area contributed by atoms with Crippen molar-refractivity contribution in [1.29, 1.82) is 0 Å². The second-order valence-corrected chi connectivity index (χ2v) is 5.86. The molecule has 1 rings (SSSR count). The Morgan fingerprint density at radius 3 is 2.59 bits per heavy atom. The van der Waals surface area contributed by atoms with Crippen LogP contribution in [0.1, 0.15) is 49.3 Å². The number of carbonyl (C=O) groups is 2. The molecule has 1 aromatic heterocycles. The van der Waals surface area contributed by atoms with Gasteiger partial charge in [0.15, 0.2) is 6.29 Å². The highest BCUT2D eigenvalue weighted by Crippen LogP contribution is 2.18. The Bertz CT molecular complexity index is 496. The van der Waals surface area contributed by atoms with Gasteiger partial charge in [0, 0.05) is 18.3 Å². The molecule has 7 heteroatoms. The number of hydrogen-bond donors (Lipinski definition) is 3. The molecule has 2 unspecified atom stereocenters. The van der Waals surface area contributed by atoms with Crippen molar-refractivity contribution < 1.29 is 24.5 Å². The van der Waals surface area contributed by atoms with Crippen LogP contribution in [0.15, 0.2) is 18.3 Å². The molecule has 22 heavy (non-hydrogen) atoms. The lowest BCUT2D eigenvalue weighted by atomic mass is 10.0. The third kappa shape index (κ3) is 6.19. The average molecular weight is 310 g/mol. The van der Waals surface area contributed by atoms with E-state index in [0.29, 0.717) is 11.8 Å². The van der Waals surface area contributed by atoms with E-state index in [1.165, 1.54) is 18.3 Å². The number of aromatic nitrogens is 1. The van der Waals surface area contributed by atoms with Crippen molar-refractivity contribution in [3.63, 3.8) is 0 Å². The maximum atomic E-state index is 11.4. The lowest BCUT2D eigenvalue weighted by molar-refractivity contribution is 0.0121. The number of alkyl carbamates (subject to hydrolysis) is 1. The molecular formula is C15H22N2O5. The maximum Gasteiger partial charge on any atom is 0.407 e. The Morgan fingerprint density at radius 2 is 2.09 bits per heavy atom. The number of carbonyl (C=O) groups excluding carboxylic acids is 2. The van der Waals surface area contributed by atoms with E-state index in [4.69, 9.17) is 4.74 Å². The van der Waals surface area contributed by atoms with Crippen LogP contribution in [0.25, 0.3) is 0 Å². The second-order valence-electron chi connectivity index (χ2n) is 5.86. The number of aliphatic hydroxyl groups is 2. The van der Waals surface area contributed by atoms with Gasteiger partial charge in [-0.3, -0.25) is 9.78 Å². The van der Waals surface area contributed by atoms with Gasteiger partial charge in [-0.05, 0) is 33.3 Å². The topological polar surface area (TPSA) is 109 Å². The number of amides is 1. The van der Waals surface area contributed by atoms with E-state index in [1.54, 1.807) is 20.8 Å². The van der Waals surface area contributed by atoms with Crippen molar-refractivity contribution >= 4 is 12.4 Å². The quantitative estimate of drug-likeness (QED) is 0.681. The molecule has 0 aliphatic carbocycles. The zero-order chi connectivity index (χ0) is 16.8. The van der Waals surface area contributed by atoms with Crippen LogP contribution in [-0.2, 0) is 4.74 Å². The van der Waals surface area contributed by atoms with E-state index >= 15 is 0 Å². The third-order valence-corrected chi connectivity index (χ3v) is 2.74. The highest BCUT2D eigenvalue weighted by Gasteiger charge is 2.20. The fourth-order valence-electron chi connectivity index (χ4n) is 1.68. The number of hydrogen-bond acceptors (Lipinski definition) is 6. The van der Waals surface area contributed by atoms with E-state index in [-0.39, 0.29) is 18.7 Å². The number of rotatable bonds is 6. The van der Waals surface area contributed by atoms with Crippen LogP contribution < -0.4 is 5.32 Å². The summed E-state index contributed by atoms with van der Waals surface area (Å²) < 4.78 is 5.05. The van der Waals surface area contributed by atoms with E-state index in [9.17, 15) is 19.8 Å². The number of nitrogens with one attached hydrogen (secondary N) is 1. The van der Waals surface area contributed by atoms with Crippen LogP contribution in [0.3, 0.4) is 0 Å². The van der Waals surface area contributed by atoms with Crippen molar-refractivity contribution in [3.8, 4) is 0 Å². The molecule has 1 amide bonds. The third-order valence-electron chi connectivity index (χ3n) is 2.74.